The van der Waals surface area contributed by atoms with Crippen LogP contribution >= 0.6 is 11.6 Å². The fraction of sp³-hybridized carbons (Fsp3) is 0.538. The van der Waals surface area contributed by atoms with Gasteiger partial charge in [-0.3, -0.25) is 0 Å². The third-order valence-electron chi connectivity index (χ3n) is 2.78. The molecule has 0 amide bonds. The first-order chi connectivity index (χ1) is 8.15. The van der Waals surface area contributed by atoms with E-state index in [1.807, 2.05) is 12.1 Å². The summed E-state index contributed by atoms with van der Waals surface area (Å²) in [5.41, 5.74) is 7.03. The van der Waals surface area contributed by atoms with Crippen LogP contribution in [0.15, 0.2) is 12.1 Å². The van der Waals surface area contributed by atoms with E-state index in [1.165, 1.54) is 0 Å². The Bertz CT molecular complexity index is 369. The molecule has 1 atom stereocenters. The van der Waals surface area contributed by atoms with E-state index in [4.69, 9.17) is 26.8 Å². The highest BCUT2D eigenvalue weighted by atomic mass is 35.5. The molecule has 0 saturated carbocycles. The highest BCUT2D eigenvalue weighted by molar-refractivity contribution is 6.33. The van der Waals surface area contributed by atoms with Crippen LogP contribution in [0.25, 0.3) is 0 Å². The molecule has 0 spiro atoms. The summed E-state index contributed by atoms with van der Waals surface area (Å²) in [6, 6.07) is 3.69. The van der Waals surface area contributed by atoms with Crippen molar-refractivity contribution >= 4 is 11.6 Å². The van der Waals surface area contributed by atoms with Gasteiger partial charge < -0.3 is 15.2 Å². The smallest absolute Gasteiger partial charge is 0.179 e. The number of methoxy groups -OCH3 is 2. The number of benzene rings is 1. The van der Waals surface area contributed by atoms with Gasteiger partial charge in [-0.25, -0.2) is 0 Å². The van der Waals surface area contributed by atoms with Gasteiger partial charge in [-0.15, -0.1) is 0 Å². The fourth-order valence-corrected chi connectivity index (χ4v) is 2.14. The zero-order valence-corrected chi connectivity index (χ0v) is 11.4. The molecule has 0 aromatic heterocycles. The Labute approximate surface area is 108 Å². The first-order valence-corrected chi connectivity index (χ1v) is 6.19. The zero-order valence-electron chi connectivity index (χ0n) is 10.6. The lowest BCUT2D eigenvalue weighted by atomic mass is 10.0. The molecular weight excluding hydrogens is 238 g/mol. The second-order valence-corrected chi connectivity index (χ2v) is 4.33. The largest absolute Gasteiger partial charge is 0.493 e. The summed E-state index contributed by atoms with van der Waals surface area (Å²) in [5.74, 6) is 1.18. The Morgan fingerprint density at radius 2 is 2.00 bits per heavy atom. The number of ether oxygens (including phenoxy) is 2. The van der Waals surface area contributed by atoms with E-state index in [1.54, 1.807) is 14.2 Å². The molecule has 1 aromatic rings. The van der Waals surface area contributed by atoms with Crippen LogP contribution in [0.1, 0.15) is 37.8 Å². The lowest BCUT2D eigenvalue weighted by molar-refractivity contribution is 0.354. The van der Waals surface area contributed by atoms with E-state index in [0.717, 1.165) is 24.8 Å². The summed E-state index contributed by atoms with van der Waals surface area (Å²) in [6.45, 7) is 2.14. The minimum atomic E-state index is -0.0535. The molecule has 0 fully saturated rings. The summed E-state index contributed by atoms with van der Waals surface area (Å²) in [6.07, 6.45) is 3.14. The van der Waals surface area contributed by atoms with Gasteiger partial charge in [0.15, 0.2) is 11.5 Å². The molecule has 1 rings (SSSR count). The second kappa shape index (κ2) is 6.72. The van der Waals surface area contributed by atoms with Crippen molar-refractivity contribution in [3.63, 3.8) is 0 Å². The molecule has 96 valence electrons. The van der Waals surface area contributed by atoms with Crippen LogP contribution in [-0.2, 0) is 0 Å². The van der Waals surface area contributed by atoms with E-state index in [0.29, 0.717) is 16.5 Å². The average molecular weight is 258 g/mol. The molecule has 0 saturated heterocycles. The van der Waals surface area contributed by atoms with Gasteiger partial charge in [0.2, 0.25) is 0 Å². The van der Waals surface area contributed by atoms with Crippen LogP contribution in [0.3, 0.4) is 0 Å². The maximum atomic E-state index is 6.28. The third-order valence-corrected chi connectivity index (χ3v) is 3.17. The molecule has 2 N–H and O–H groups in total. The molecule has 0 heterocycles. The van der Waals surface area contributed by atoms with Gasteiger partial charge in [-0.05, 0) is 18.1 Å². The number of rotatable bonds is 6. The Morgan fingerprint density at radius 3 is 2.53 bits per heavy atom. The van der Waals surface area contributed by atoms with Crippen molar-refractivity contribution in [1.29, 1.82) is 0 Å². The molecule has 0 aliphatic heterocycles. The number of hydrogen-bond acceptors (Lipinski definition) is 3. The Morgan fingerprint density at radius 1 is 1.29 bits per heavy atom. The van der Waals surface area contributed by atoms with Gasteiger partial charge in [-0.1, -0.05) is 37.4 Å². The second-order valence-electron chi connectivity index (χ2n) is 3.95. The van der Waals surface area contributed by atoms with Crippen molar-refractivity contribution in [2.24, 2.45) is 5.73 Å². The summed E-state index contributed by atoms with van der Waals surface area (Å²) in [5, 5.41) is 0.551. The first kappa shape index (κ1) is 14.1. The molecule has 0 unspecified atom stereocenters. The van der Waals surface area contributed by atoms with Crippen LogP contribution in [0.2, 0.25) is 5.02 Å². The number of hydrogen-bond donors (Lipinski definition) is 1. The van der Waals surface area contributed by atoms with E-state index < -0.39 is 0 Å². The van der Waals surface area contributed by atoms with E-state index >= 15 is 0 Å². The number of unbranched alkanes of at least 4 members (excludes halogenated alkanes) is 1. The van der Waals surface area contributed by atoms with Gasteiger partial charge in [0.1, 0.15) is 0 Å². The summed E-state index contributed by atoms with van der Waals surface area (Å²) in [7, 11) is 3.16. The van der Waals surface area contributed by atoms with Crippen LogP contribution < -0.4 is 15.2 Å². The Balaban J connectivity index is 3.01. The maximum absolute atomic E-state index is 6.28. The fourth-order valence-electron chi connectivity index (χ4n) is 1.77. The number of nitrogens with two attached hydrogens (primary N) is 1. The zero-order chi connectivity index (χ0) is 12.8. The van der Waals surface area contributed by atoms with E-state index in [9.17, 15) is 0 Å². The van der Waals surface area contributed by atoms with Gasteiger partial charge in [0.25, 0.3) is 0 Å². The summed E-state index contributed by atoms with van der Waals surface area (Å²) in [4.78, 5) is 0. The lowest BCUT2D eigenvalue weighted by Crippen LogP contribution is -2.11. The normalized spacial score (nSPS) is 12.3. The Hall–Kier alpha value is -0.930. The van der Waals surface area contributed by atoms with Crippen molar-refractivity contribution < 1.29 is 9.47 Å². The summed E-state index contributed by atoms with van der Waals surface area (Å²) < 4.78 is 10.4. The molecule has 0 aliphatic carbocycles. The minimum absolute atomic E-state index is 0.0535. The van der Waals surface area contributed by atoms with Gasteiger partial charge >= 0.3 is 0 Å². The molecule has 0 aliphatic rings. The van der Waals surface area contributed by atoms with Crippen molar-refractivity contribution in [2.75, 3.05) is 14.2 Å². The van der Waals surface area contributed by atoms with Crippen LogP contribution in [0, 0.1) is 0 Å². The predicted molar refractivity (Wildman–Crippen MR) is 71.0 cm³/mol. The van der Waals surface area contributed by atoms with Crippen molar-refractivity contribution in [3.8, 4) is 11.5 Å². The quantitative estimate of drug-likeness (QED) is 0.848. The van der Waals surface area contributed by atoms with Crippen LogP contribution in [-0.4, -0.2) is 14.2 Å². The van der Waals surface area contributed by atoms with Crippen LogP contribution in [0.5, 0.6) is 11.5 Å². The van der Waals surface area contributed by atoms with Gasteiger partial charge in [0, 0.05) is 6.04 Å². The molecule has 1 aromatic carbocycles. The SMILES string of the molecule is CCCC[C@H](N)c1ccc(OC)c(OC)c1Cl. The lowest BCUT2D eigenvalue weighted by Gasteiger charge is -2.17. The standard InChI is InChI=1S/C13H20ClNO2/c1-4-5-6-10(15)9-7-8-11(16-2)13(17-3)12(9)14/h7-8,10H,4-6,15H2,1-3H3/t10-/m0/s1. The van der Waals surface area contributed by atoms with Crippen molar-refractivity contribution in [3.05, 3.63) is 22.7 Å². The molecule has 3 nitrogen and oxygen atoms in total. The first-order valence-electron chi connectivity index (χ1n) is 5.81. The molecule has 0 bridgehead atoms. The van der Waals surface area contributed by atoms with E-state index in [2.05, 4.69) is 6.92 Å². The molecule has 0 radical (unpaired) electrons. The monoisotopic (exact) mass is 257 g/mol. The Kier molecular flexibility index (Phi) is 5.59. The molecule has 4 heteroatoms. The average Bonchev–Trinajstić information content (AvgIpc) is 2.35. The van der Waals surface area contributed by atoms with Crippen molar-refractivity contribution in [1.82, 2.24) is 0 Å². The van der Waals surface area contributed by atoms with Crippen molar-refractivity contribution in [2.45, 2.75) is 32.2 Å². The maximum Gasteiger partial charge on any atom is 0.179 e. The number of halogens is 1. The summed E-state index contributed by atoms with van der Waals surface area (Å²) >= 11 is 6.28. The van der Waals surface area contributed by atoms with Gasteiger partial charge in [0.05, 0.1) is 19.2 Å². The van der Waals surface area contributed by atoms with E-state index in [-0.39, 0.29) is 6.04 Å². The topological polar surface area (TPSA) is 44.5 Å². The molecular formula is C13H20ClNO2. The predicted octanol–water partition coefficient (Wildman–Crippen LogP) is 3.55. The van der Waals surface area contributed by atoms with Gasteiger partial charge in [-0.2, -0.15) is 0 Å². The minimum Gasteiger partial charge on any atom is -0.493 e. The highest BCUT2D eigenvalue weighted by Crippen LogP contribution is 2.39. The highest BCUT2D eigenvalue weighted by Gasteiger charge is 2.17. The molecule has 17 heavy (non-hydrogen) atoms. The van der Waals surface area contributed by atoms with Crippen LogP contribution in [0.4, 0.5) is 0 Å². The third kappa shape index (κ3) is 3.27.